The van der Waals surface area contributed by atoms with E-state index < -0.39 is 23.9 Å². The summed E-state index contributed by atoms with van der Waals surface area (Å²) < 4.78 is 10.5. The van der Waals surface area contributed by atoms with Gasteiger partial charge >= 0.3 is 5.97 Å². The zero-order chi connectivity index (χ0) is 20.6. The minimum Gasteiger partial charge on any atom is -0.451 e. The second-order valence-electron chi connectivity index (χ2n) is 6.50. The van der Waals surface area contributed by atoms with Crippen LogP contribution in [0.3, 0.4) is 0 Å². The second-order valence-corrected chi connectivity index (χ2v) is 6.50. The van der Waals surface area contributed by atoms with Gasteiger partial charge in [0.15, 0.2) is 11.9 Å². The van der Waals surface area contributed by atoms with Gasteiger partial charge in [-0.15, -0.1) is 0 Å². The van der Waals surface area contributed by atoms with Crippen molar-refractivity contribution >= 4 is 17.7 Å². The Morgan fingerprint density at radius 3 is 2.14 bits per heavy atom. The Kier molecular flexibility index (Phi) is 6.76. The summed E-state index contributed by atoms with van der Waals surface area (Å²) in [4.78, 5) is 25.6. The highest BCUT2D eigenvalue weighted by molar-refractivity contribution is 5.95. The van der Waals surface area contributed by atoms with Gasteiger partial charge in [-0.1, -0.05) is 65.8 Å². The van der Waals surface area contributed by atoms with Crippen LogP contribution in [0.1, 0.15) is 29.2 Å². The molecule has 0 aliphatic rings. The highest BCUT2D eigenvalue weighted by atomic mass is 16.5. The van der Waals surface area contributed by atoms with E-state index in [1.807, 2.05) is 60.7 Å². The lowest BCUT2D eigenvalue weighted by atomic mass is 9.91. The number of benzene rings is 2. The van der Waals surface area contributed by atoms with Crippen LogP contribution in [0.4, 0.5) is 5.82 Å². The highest BCUT2D eigenvalue weighted by Gasteiger charge is 2.30. The van der Waals surface area contributed by atoms with Gasteiger partial charge in [0, 0.05) is 19.1 Å². The number of rotatable bonds is 8. The molecule has 1 amide bonds. The summed E-state index contributed by atoms with van der Waals surface area (Å²) in [6, 6.07) is 19.9. The number of anilines is 1. The normalized spacial score (nSPS) is 11.8. The lowest BCUT2D eigenvalue weighted by Crippen LogP contribution is -2.35. The van der Waals surface area contributed by atoms with Gasteiger partial charge in [0.2, 0.25) is 0 Å². The molecule has 1 heterocycles. The number of nitrogens with one attached hydrogen (secondary N) is 1. The first-order valence-electron chi connectivity index (χ1n) is 9.24. The van der Waals surface area contributed by atoms with E-state index in [1.165, 1.54) is 0 Å². The summed E-state index contributed by atoms with van der Waals surface area (Å²) in [7, 11) is 0. The van der Waals surface area contributed by atoms with Crippen LogP contribution in [0, 0.1) is 6.92 Å². The summed E-state index contributed by atoms with van der Waals surface area (Å²) in [6.45, 7) is 1.38. The number of aryl methyl sites for hydroxylation is 1. The van der Waals surface area contributed by atoms with Crippen molar-refractivity contribution in [2.45, 2.75) is 25.4 Å². The first-order chi connectivity index (χ1) is 14.1. The van der Waals surface area contributed by atoms with Crippen LogP contribution in [0.5, 0.6) is 0 Å². The number of carbonyl (C=O) groups excluding carboxylic acids is 2. The number of carbonyl (C=O) groups is 2. The number of hydrogen-bond acceptors (Lipinski definition) is 6. The minimum absolute atomic E-state index is 0.0370. The summed E-state index contributed by atoms with van der Waals surface area (Å²) in [6.07, 6.45) is -1.20. The van der Waals surface area contributed by atoms with Crippen LogP contribution in [0.2, 0.25) is 0 Å². The first kappa shape index (κ1) is 20.3. The zero-order valence-corrected chi connectivity index (χ0v) is 15.9. The molecule has 1 atom stereocenters. The Hall–Kier alpha value is -3.45. The van der Waals surface area contributed by atoms with Crippen molar-refractivity contribution in [3.8, 4) is 0 Å². The topological polar surface area (TPSA) is 102 Å². The maximum absolute atomic E-state index is 13.1. The molecular weight excluding hydrogens is 372 g/mol. The molecule has 29 heavy (non-hydrogen) atoms. The van der Waals surface area contributed by atoms with Crippen molar-refractivity contribution in [1.82, 2.24) is 5.16 Å². The Labute approximate surface area is 168 Å². The molecule has 150 valence electrons. The van der Waals surface area contributed by atoms with E-state index >= 15 is 0 Å². The minimum atomic E-state index is -1.17. The Balaban J connectivity index is 1.81. The second kappa shape index (κ2) is 9.66. The maximum atomic E-state index is 13.1. The molecule has 0 saturated carbocycles. The Morgan fingerprint density at radius 1 is 1.07 bits per heavy atom. The lowest BCUT2D eigenvalue weighted by molar-refractivity contribution is -0.155. The van der Waals surface area contributed by atoms with Gasteiger partial charge in [-0.3, -0.25) is 9.59 Å². The molecule has 0 saturated heterocycles. The largest absolute Gasteiger partial charge is 0.451 e. The molecule has 0 unspecified atom stereocenters. The maximum Gasteiger partial charge on any atom is 0.318 e. The fraction of sp³-hybridized carbons (Fsp3) is 0.227. The van der Waals surface area contributed by atoms with Crippen molar-refractivity contribution in [3.05, 3.63) is 83.6 Å². The number of aromatic nitrogens is 1. The number of esters is 1. The molecule has 2 aromatic carbocycles. The van der Waals surface area contributed by atoms with Gasteiger partial charge in [0.25, 0.3) is 5.91 Å². The number of amides is 1. The number of aliphatic hydroxyl groups excluding tert-OH is 1. The van der Waals surface area contributed by atoms with Gasteiger partial charge in [-0.25, -0.2) is 0 Å². The van der Waals surface area contributed by atoms with Crippen LogP contribution in [0.15, 0.2) is 71.3 Å². The van der Waals surface area contributed by atoms with Crippen molar-refractivity contribution in [3.63, 3.8) is 0 Å². The average molecular weight is 394 g/mol. The SMILES string of the molecule is Cc1cc(NC(=O)[C@H](CCO)OC(=O)C(c2ccccc2)c2ccccc2)no1. The van der Waals surface area contributed by atoms with Gasteiger partial charge in [0.05, 0.1) is 0 Å². The standard InChI is InChI=1S/C22H22N2O5/c1-15-14-19(24-29-15)23-21(26)18(12-13-25)28-22(27)20(16-8-4-2-5-9-16)17-10-6-3-7-11-17/h2-11,14,18,20,25H,12-13H2,1H3,(H,23,24,26)/t18-/m0/s1. The summed E-state index contributed by atoms with van der Waals surface area (Å²) in [5.41, 5.74) is 1.50. The lowest BCUT2D eigenvalue weighted by Gasteiger charge is -2.21. The third kappa shape index (κ3) is 5.30. The molecule has 0 aliphatic heterocycles. The predicted octanol–water partition coefficient (Wildman–Crippen LogP) is 3.05. The molecule has 7 nitrogen and oxygen atoms in total. The molecule has 3 aromatic rings. The number of hydrogen-bond donors (Lipinski definition) is 2. The van der Waals surface area contributed by atoms with Gasteiger partial charge in [-0.2, -0.15) is 0 Å². The smallest absolute Gasteiger partial charge is 0.318 e. The molecule has 2 N–H and O–H groups in total. The van der Waals surface area contributed by atoms with E-state index in [0.29, 0.717) is 5.76 Å². The number of aliphatic hydroxyl groups is 1. The molecule has 3 rings (SSSR count). The van der Waals surface area contributed by atoms with Crippen LogP contribution >= 0.6 is 0 Å². The number of ether oxygens (including phenoxy) is 1. The third-order valence-corrected chi connectivity index (χ3v) is 4.32. The Bertz CT molecular complexity index is 901. The van der Waals surface area contributed by atoms with E-state index in [9.17, 15) is 14.7 Å². The van der Waals surface area contributed by atoms with E-state index in [0.717, 1.165) is 11.1 Å². The number of nitrogens with zero attached hydrogens (tertiary/aromatic N) is 1. The fourth-order valence-corrected chi connectivity index (χ4v) is 2.96. The monoisotopic (exact) mass is 394 g/mol. The first-order valence-corrected chi connectivity index (χ1v) is 9.24. The summed E-state index contributed by atoms with van der Waals surface area (Å²) >= 11 is 0. The van der Waals surface area contributed by atoms with Crippen molar-refractivity contribution in [2.75, 3.05) is 11.9 Å². The van der Waals surface area contributed by atoms with E-state index in [-0.39, 0.29) is 18.8 Å². The zero-order valence-electron chi connectivity index (χ0n) is 15.9. The van der Waals surface area contributed by atoms with Gasteiger partial charge in [-0.05, 0) is 18.1 Å². The Morgan fingerprint density at radius 2 is 1.66 bits per heavy atom. The van der Waals surface area contributed by atoms with E-state index in [4.69, 9.17) is 9.26 Å². The van der Waals surface area contributed by atoms with Gasteiger partial charge in [0.1, 0.15) is 11.7 Å². The van der Waals surface area contributed by atoms with Gasteiger partial charge < -0.3 is 19.7 Å². The molecule has 7 heteroatoms. The van der Waals surface area contributed by atoms with Crippen molar-refractivity contribution < 1.29 is 24.0 Å². The molecule has 0 spiro atoms. The van der Waals surface area contributed by atoms with Crippen LogP contribution in [-0.2, 0) is 14.3 Å². The predicted molar refractivity (Wildman–Crippen MR) is 106 cm³/mol. The van der Waals surface area contributed by atoms with Crippen molar-refractivity contribution in [2.24, 2.45) is 0 Å². The quantitative estimate of drug-likeness (QED) is 0.570. The molecule has 0 fully saturated rings. The molecule has 1 aromatic heterocycles. The molecule has 0 bridgehead atoms. The highest BCUT2D eigenvalue weighted by Crippen LogP contribution is 2.27. The summed E-state index contributed by atoms with van der Waals surface area (Å²) in [5.74, 6) is -1.10. The average Bonchev–Trinajstić information content (AvgIpc) is 3.14. The van der Waals surface area contributed by atoms with E-state index in [2.05, 4.69) is 10.5 Å². The van der Waals surface area contributed by atoms with Crippen LogP contribution in [-0.4, -0.2) is 34.9 Å². The molecular formula is C22H22N2O5. The van der Waals surface area contributed by atoms with Crippen molar-refractivity contribution in [1.29, 1.82) is 0 Å². The third-order valence-electron chi connectivity index (χ3n) is 4.32. The fourth-order valence-electron chi connectivity index (χ4n) is 2.96. The summed E-state index contributed by atoms with van der Waals surface area (Å²) in [5, 5.41) is 15.6. The van der Waals surface area contributed by atoms with Crippen LogP contribution < -0.4 is 5.32 Å². The van der Waals surface area contributed by atoms with E-state index in [1.54, 1.807) is 13.0 Å². The van der Waals surface area contributed by atoms with Crippen LogP contribution in [0.25, 0.3) is 0 Å². The molecule has 0 radical (unpaired) electrons. The molecule has 0 aliphatic carbocycles.